The van der Waals surface area contributed by atoms with E-state index < -0.39 is 6.04 Å². The van der Waals surface area contributed by atoms with Crippen LogP contribution in [0.25, 0.3) is 0 Å². The van der Waals surface area contributed by atoms with Crippen LogP contribution in [-0.4, -0.2) is 23.3 Å². The van der Waals surface area contributed by atoms with E-state index in [9.17, 15) is 9.59 Å². The topological polar surface area (TPSA) is 62.6 Å². The summed E-state index contributed by atoms with van der Waals surface area (Å²) in [6, 6.07) is 10.7. The first-order valence-electron chi connectivity index (χ1n) is 9.23. The van der Waals surface area contributed by atoms with Gasteiger partial charge in [0.25, 0.3) is 0 Å². The van der Waals surface area contributed by atoms with Crippen LogP contribution in [0.1, 0.15) is 49.6 Å². The van der Waals surface area contributed by atoms with E-state index in [1.807, 2.05) is 55.1 Å². The summed E-state index contributed by atoms with van der Waals surface area (Å²) in [7, 11) is 0. The van der Waals surface area contributed by atoms with Crippen molar-refractivity contribution in [3.63, 3.8) is 0 Å². The van der Waals surface area contributed by atoms with E-state index in [1.54, 1.807) is 6.26 Å². The Morgan fingerprint density at radius 2 is 1.96 bits per heavy atom. The lowest BCUT2D eigenvalue weighted by atomic mass is 10.0. The first-order chi connectivity index (χ1) is 12.5. The predicted octanol–water partition coefficient (Wildman–Crippen LogP) is 3.46. The van der Waals surface area contributed by atoms with Gasteiger partial charge in [-0.05, 0) is 24.0 Å². The lowest BCUT2D eigenvalue weighted by Crippen LogP contribution is -2.43. The van der Waals surface area contributed by atoms with E-state index in [4.69, 9.17) is 4.42 Å². The van der Waals surface area contributed by atoms with Crippen LogP contribution in [0, 0.1) is 5.92 Å². The van der Waals surface area contributed by atoms with Gasteiger partial charge in [0, 0.05) is 31.5 Å². The van der Waals surface area contributed by atoms with Gasteiger partial charge in [0.1, 0.15) is 11.8 Å². The number of carbonyl (C=O) groups excluding carboxylic acids is 2. The van der Waals surface area contributed by atoms with Crippen molar-refractivity contribution in [2.24, 2.45) is 5.92 Å². The number of hydrogen-bond acceptors (Lipinski definition) is 3. The Labute approximate surface area is 154 Å². The Kier molecular flexibility index (Phi) is 5.76. The maximum Gasteiger partial charge on any atom is 0.250 e. The summed E-state index contributed by atoms with van der Waals surface area (Å²) in [4.78, 5) is 27.5. The molecule has 1 N–H and O–H groups in total. The molecule has 0 fully saturated rings. The molecule has 2 heterocycles. The predicted molar refractivity (Wildman–Crippen MR) is 99.2 cm³/mol. The largest absolute Gasteiger partial charge is 0.469 e. The first kappa shape index (κ1) is 18.2. The van der Waals surface area contributed by atoms with Crippen LogP contribution in [0.2, 0.25) is 0 Å². The minimum Gasteiger partial charge on any atom is -0.469 e. The minimum atomic E-state index is -0.657. The minimum absolute atomic E-state index is 0.0673. The quantitative estimate of drug-likeness (QED) is 0.894. The summed E-state index contributed by atoms with van der Waals surface area (Å²) >= 11 is 0. The van der Waals surface area contributed by atoms with Crippen molar-refractivity contribution in [1.82, 2.24) is 10.2 Å². The highest BCUT2D eigenvalue weighted by Gasteiger charge is 2.29. The maximum atomic E-state index is 13.3. The van der Waals surface area contributed by atoms with Gasteiger partial charge in [-0.3, -0.25) is 9.59 Å². The number of nitrogens with one attached hydrogen (secondary N) is 1. The van der Waals surface area contributed by atoms with E-state index in [2.05, 4.69) is 5.32 Å². The van der Waals surface area contributed by atoms with Crippen LogP contribution in [0.15, 0.2) is 47.1 Å². The number of nitrogens with zero attached hydrogens (tertiary/aromatic N) is 1. The molecule has 26 heavy (non-hydrogen) atoms. The number of benzene rings is 1. The molecule has 1 aromatic carbocycles. The van der Waals surface area contributed by atoms with E-state index in [-0.39, 0.29) is 17.7 Å². The Morgan fingerprint density at radius 3 is 2.69 bits per heavy atom. The van der Waals surface area contributed by atoms with Crippen molar-refractivity contribution in [1.29, 1.82) is 0 Å². The SMILES string of the molecule is CC(C)CC(=O)NC(C(=O)N1CCCc2occc2C1)c1ccccc1. The van der Waals surface area contributed by atoms with Gasteiger partial charge in [-0.2, -0.15) is 0 Å². The molecule has 1 unspecified atom stereocenters. The first-order valence-corrected chi connectivity index (χ1v) is 9.23. The van der Waals surface area contributed by atoms with Gasteiger partial charge in [-0.25, -0.2) is 0 Å². The molecule has 1 aromatic heterocycles. The molecule has 0 aliphatic carbocycles. The molecule has 138 valence electrons. The Bertz CT molecular complexity index is 752. The van der Waals surface area contributed by atoms with Gasteiger partial charge >= 0.3 is 0 Å². The van der Waals surface area contributed by atoms with E-state index in [1.165, 1.54) is 0 Å². The lowest BCUT2D eigenvalue weighted by molar-refractivity contribution is -0.137. The molecule has 5 nitrogen and oxygen atoms in total. The number of rotatable bonds is 5. The molecule has 0 bridgehead atoms. The van der Waals surface area contributed by atoms with E-state index in [0.717, 1.165) is 29.7 Å². The fraction of sp³-hybridized carbons (Fsp3) is 0.429. The van der Waals surface area contributed by atoms with Gasteiger partial charge in [0.15, 0.2) is 0 Å². The molecule has 3 rings (SSSR count). The average molecular weight is 354 g/mol. The van der Waals surface area contributed by atoms with Crippen LogP contribution >= 0.6 is 0 Å². The maximum absolute atomic E-state index is 13.3. The zero-order valence-corrected chi connectivity index (χ0v) is 15.4. The Hall–Kier alpha value is -2.56. The molecule has 1 aliphatic heterocycles. The van der Waals surface area contributed by atoms with Crippen LogP contribution < -0.4 is 5.32 Å². The highest BCUT2D eigenvalue weighted by Crippen LogP contribution is 2.23. The second-order valence-corrected chi connectivity index (χ2v) is 7.24. The van der Waals surface area contributed by atoms with Crippen LogP contribution in [0.5, 0.6) is 0 Å². The van der Waals surface area contributed by atoms with Crippen molar-refractivity contribution >= 4 is 11.8 Å². The number of amides is 2. The van der Waals surface area contributed by atoms with Crippen LogP contribution in [0.3, 0.4) is 0 Å². The van der Waals surface area contributed by atoms with Gasteiger partial charge in [0.2, 0.25) is 11.8 Å². The highest BCUT2D eigenvalue weighted by atomic mass is 16.3. The smallest absolute Gasteiger partial charge is 0.250 e. The third-order valence-electron chi connectivity index (χ3n) is 4.62. The molecular weight excluding hydrogens is 328 g/mol. The third-order valence-corrected chi connectivity index (χ3v) is 4.62. The molecule has 5 heteroatoms. The number of furan rings is 1. The molecule has 0 saturated carbocycles. The number of hydrogen-bond donors (Lipinski definition) is 1. The summed E-state index contributed by atoms with van der Waals surface area (Å²) in [6.07, 6.45) is 3.77. The molecule has 1 atom stereocenters. The van der Waals surface area contributed by atoms with Crippen molar-refractivity contribution < 1.29 is 14.0 Å². The highest BCUT2D eigenvalue weighted by molar-refractivity contribution is 5.88. The standard InChI is InChI=1S/C21H26N2O3/c1-15(2)13-19(24)22-20(16-7-4-3-5-8-16)21(25)23-11-6-9-18-17(14-23)10-12-26-18/h3-5,7-8,10,12,15,20H,6,9,11,13-14H2,1-2H3,(H,22,24). The molecule has 1 aliphatic rings. The second-order valence-electron chi connectivity index (χ2n) is 7.24. The third kappa shape index (κ3) is 4.34. The van der Waals surface area contributed by atoms with Gasteiger partial charge < -0.3 is 14.6 Å². The van der Waals surface area contributed by atoms with E-state index >= 15 is 0 Å². The summed E-state index contributed by atoms with van der Waals surface area (Å²) < 4.78 is 5.51. The van der Waals surface area contributed by atoms with Crippen LogP contribution in [0.4, 0.5) is 0 Å². The van der Waals surface area contributed by atoms with Gasteiger partial charge in [0.05, 0.1) is 6.26 Å². The molecule has 2 aromatic rings. The fourth-order valence-corrected chi connectivity index (χ4v) is 3.34. The molecular formula is C21H26N2O3. The normalized spacial score (nSPS) is 15.3. The Morgan fingerprint density at radius 1 is 1.19 bits per heavy atom. The fourth-order valence-electron chi connectivity index (χ4n) is 3.34. The Balaban J connectivity index is 1.81. The van der Waals surface area contributed by atoms with Gasteiger partial charge in [-0.1, -0.05) is 44.2 Å². The lowest BCUT2D eigenvalue weighted by Gasteiger charge is -2.27. The van der Waals surface area contributed by atoms with Crippen LogP contribution in [-0.2, 0) is 22.6 Å². The van der Waals surface area contributed by atoms with Crippen molar-refractivity contribution in [3.05, 3.63) is 59.5 Å². The second kappa shape index (κ2) is 8.21. The zero-order chi connectivity index (χ0) is 18.5. The molecule has 0 radical (unpaired) electrons. The monoisotopic (exact) mass is 354 g/mol. The van der Waals surface area contributed by atoms with Gasteiger partial charge in [-0.15, -0.1) is 0 Å². The summed E-state index contributed by atoms with van der Waals surface area (Å²) in [5, 5.41) is 2.95. The molecule has 0 spiro atoms. The van der Waals surface area contributed by atoms with Crippen molar-refractivity contribution in [3.8, 4) is 0 Å². The number of fused-ring (bicyclic) bond motifs is 1. The zero-order valence-electron chi connectivity index (χ0n) is 15.4. The number of carbonyl (C=O) groups is 2. The van der Waals surface area contributed by atoms with Crippen molar-refractivity contribution in [2.75, 3.05) is 6.54 Å². The molecule has 2 amide bonds. The van der Waals surface area contributed by atoms with E-state index in [0.29, 0.717) is 19.5 Å². The molecule has 0 saturated heterocycles. The number of aryl methyl sites for hydroxylation is 1. The summed E-state index contributed by atoms with van der Waals surface area (Å²) in [5.41, 5.74) is 1.86. The van der Waals surface area contributed by atoms with Crippen molar-refractivity contribution in [2.45, 2.75) is 45.7 Å². The summed E-state index contributed by atoms with van der Waals surface area (Å²) in [6.45, 7) is 5.17. The summed E-state index contributed by atoms with van der Waals surface area (Å²) in [5.74, 6) is 1.04. The average Bonchev–Trinajstić information content (AvgIpc) is 2.96.